The molecule has 0 radical (unpaired) electrons. The first-order valence-electron chi connectivity index (χ1n) is 5.03. The van der Waals surface area contributed by atoms with Crippen LogP contribution in [0, 0.1) is 0 Å². The predicted octanol–water partition coefficient (Wildman–Crippen LogP) is -0.678. The summed E-state index contributed by atoms with van der Waals surface area (Å²) in [5.74, 6) is -0.682. The van der Waals surface area contributed by atoms with Gasteiger partial charge in [0.05, 0.1) is 6.20 Å². The van der Waals surface area contributed by atoms with Gasteiger partial charge in [0, 0.05) is 26.2 Å². The predicted molar refractivity (Wildman–Crippen MR) is 56.5 cm³/mol. The Balaban J connectivity index is 2.14. The van der Waals surface area contributed by atoms with E-state index in [2.05, 4.69) is 20.1 Å². The lowest BCUT2D eigenvalue weighted by atomic mass is 10.3. The second-order valence-electron chi connectivity index (χ2n) is 3.74. The average Bonchev–Trinajstić information content (AvgIpc) is 2.30. The van der Waals surface area contributed by atoms with Gasteiger partial charge >= 0.3 is 5.97 Å². The van der Waals surface area contributed by atoms with Crippen LogP contribution in [-0.4, -0.2) is 64.4 Å². The lowest BCUT2D eigenvalue weighted by Crippen LogP contribution is -2.45. The van der Waals surface area contributed by atoms with Crippen LogP contribution in [0.4, 0.5) is 5.95 Å². The number of likely N-dealkylation sites (N-methyl/N-ethyl adjacent to an activating group) is 1. The molecule has 0 saturated carbocycles. The molecule has 0 aliphatic carbocycles. The third kappa shape index (κ3) is 2.25. The van der Waals surface area contributed by atoms with E-state index in [9.17, 15) is 4.79 Å². The van der Waals surface area contributed by atoms with Crippen molar-refractivity contribution < 1.29 is 9.90 Å². The highest BCUT2D eigenvalue weighted by Gasteiger charge is 2.18. The summed E-state index contributed by atoms with van der Waals surface area (Å²) in [6.07, 6.45) is 1.15. The van der Waals surface area contributed by atoms with Crippen molar-refractivity contribution in [2.75, 3.05) is 38.1 Å². The van der Waals surface area contributed by atoms with Crippen LogP contribution < -0.4 is 4.90 Å². The Hall–Kier alpha value is -1.76. The van der Waals surface area contributed by atoms with Crippen molar-refractivity contribution in [2.24, 2.45) is 0 Å². The number of carbonyl (C=O) groups is 1. The third-order valence-corrected chi connectivity index (χ3v) is 2.55. The van der Waals surface area contributed by atoms with Gasteiger partial charge in [-0.15, -0.1) is 5.10 Å². The summed E-state index contributed by atoms with van der Waals surface area (Å²) in [7, 11) is 2.05. The molecule has 2 rings (SSSR count). The molecule has 1 aliphatic rings. The minimum atomic E-state index is -1.08. The molecule has 0 spiro atoms. The van der Waals surface area contributed by atoms with Crippen LogP contribution in [0.25, 0.3) is 0 Å². The first-order valence-corrected chi connectivity index (χ1v) is 5.03. The summed E-state index contributed by atoms with van der Waals surface area (Å²) >= 11 is 0. The number of nitrogens with zero attached hydrogens (tertiary/aromatic N) is 5. The second kappa shape index (κ2) is 4.40. The third-order valence-electron chi connectivity index (χ3n) is 2.55. The van der Waals surface area contributed by atoms with Crippen LogP contribution in [-0.2, 0) is 0 Å². The maximum Gasteiger partial charge on any atom is 0.356 e. The van der Waals surface area contributed by atoms with E-state index in [0.29, 0.717) is 5.95 Å². The number of piperazine rings is 1. The van der Waals surface area contributed by atoms with E-state index in [1.165, 1.54) is 0 Å². The highest BCUT2D eigenvalue weighted by molar-refractivity contribution is 5.85. The van der Waals surface area contributed by atoms with Crippen molar-refractivity contribution in [3.8, 4) is 0 Å². The van der Waals surface area contributed by atoms with Crippen LogP contribution in [0.5, 0.6) is 0 Å². The molecule has 0 aromatic carbocycles. The number of aromatic nitrogens is 3. The van der Waals surface area contributed by atoms with Crippen molar-refractivity contribution in [3.05, 3.63) is 11.9 Å². The number of hydrogen-bond acceptors (Lipinski definition) is 6. The Morgan fingerprint density at radius 3 is 2.69 bits per heavy atom. The molecule has 7 heteroatoms. The minimum Gasteiger partial charge on any atom is -0.476 e. The van der Waals surface area contributed by atoms with Crippen molar-refractivity contribution >= 4 is 11.9 Å². The van der Waals surface area contributed by atoms with Crippen molar-refractivity contribution in [3.63, 3.8) is 0 Å². The standard InChI is InChI=1S/C9H13N5O2/c1-13-2-4-14(5-3-13)9-11-7(8(15)16)6-10-12-9/h6H,2-5H2,1H3,(H,15,16). The lowest BCUT2D eigenvalue weighted by Gasteiger charge is -2.31. The molecule has 16 heavy (non-hydrogen) atoms. The lowest BCUT2D eigenvalue weighted by molar-refractivity contribution is 0.0689. The van der Waals surface area contributed by atoms with Crippen molar-refractivity contribution in [2.45, 2.75) is 0 Å². The van der Waals surface area contributed by atoms with Crippen molar-refractivity contribution in [1.82, 2.24) is 20.1 Å². The first-order chi connectivity index (χ1) is 7.66. The van der Waals surface area contributed by atoms with Crippen LogP contribution in [0.3, 0.4) is 0 Å². The molecule has 1 aromatic rings. The molecule has 1 aliphatic heterocycles. The minimum absolute atomic E-state index is 0.0658. The second-order valence-corrected chi connectivity index (χ2v) is 3.74. The van der Waals surface area contributed by atoms with Crippen LogP contribution >= 0.6 is 0 Å². The topological polar surface area (TPSA) is 82.5 Å². The molecule has 1 fully saturated rings. The van der Waals surface area contributed by atoms with Gasteiger partial charge < -0.3 is 14.9 Å². The highest BCUT2D eigenvalue weighted by atomic mass is 16.4. The molecule has 7 nitrogen and oxygen atoms in total. The Kier molecular flexibility index (Phi) is 2.95. The van der Waals surface area contributed by atoms with Gasteiger partial charge in [0.15, 0.2) is 5.69 Å². The number of carboxylic acids is 1. The zero-order valence-electron chi connectivity index (χ0n) is 9.00. The summed E-state index contributed by atoms with van der Waals surface area (Å²) < 4.78 is 0. The molecule has 1 saturated heterocycles. The SMILES string of the molecule is CN1CCN(c2nncc(C(=O)O)n2)CC1. The molecule has 0 atom stereocenters. The Bertz CT molecular complexity index is 389. The Labute approximate surface area is 92.7 Å². The van der Waals surface area contributed by atoms with Crippen molar-refractivity contribution in [1.29, 1.82) is 0 Å². The van der Waals surface area contributed by atoms with E-state index >= 15 is 0 Å². The largest absolute Gasteiger partial charge is 0.476 e. The van der Waals surface area contributed by atoms with Gasteiger partial charge in [0.25, 0.3) is 0 Å². The van der Waals surface area contributed by atoms with Crippen LogP contribution in [0.2, 0.25) is 0 Å². The monoisotopic (exact) mass is 223 g/mol. The molecule has 2 heterocycles. The molecular formula is C9H13N5O2. The van der Waals surface area contributed by atoms with E-state index in [4.69, 9.17) is 5.11 Å². The van der Waals surface area contributed by atoms with Gasteiger partial charge in [-0.2, -0.15) is 5.10 Å². The van der Waals surface area contributed by atoms with E-state index in [1.807, 2.05) is 11.9 Å². The first kappa shape index (κ1) is 10.7. The number of hydrogen-bond donors (Lipinski definition) is 1. The fraction of sp³-hybridized carbons (Fsp3) is 0.556. The van der Waals surface area contributed by atoms with E-state index in [1.54, 1.807) is 0 Å². The van der Waals surface area contributed by atoms with Gasteiger partial charge in [-0.3, -0.25) is 0 Å². The molecular weight excluding hydrogens is 210 g/mol. The average molecular weight is 223 g/mol. The van der Waals surface area contributed by atoms with Crippen LogP contribution in [0.1, 0.15) is 10.5 Å². The van der Waals surface area contributed by atoms with Crippen LogP contribution in [0.15, 0.2) is 6.20 Å². The zero-order valence-corrected chi connectivity index (χ0v) is 9.00. The molecule has 0 unspecified atom stereocenters. The van der Waals surface area contributed by atoms with E-state index < -0.39 is 5.97 Å². The fourth-order valence-electron chi connectivity index (χ4n) is 1.54. The van der Waals surface area contributed by atoms with Gasteiger partial charge in [0.1, 0.15) is 0 Å². The summed E-state index contributed by atoms with van der Waals surface area (Å²) in [4.78, 5) is 18.8. The maximum absolute atomic E-state index is 10.7. The quantitative estimate of drug-likeness (QED) is 0.711. The normalized spacial score (nSPS) is 17.4. The number of rotatable bonds is 2. The van der Waals surface area contributed by atoms with Gasteiger partial charge in [0.2, 0.25) is 5.95 Å². The number of carboxylic acid groups (broad SMARTS) is 1. The summed E-state index contributed by atoms with van der Waals surface area (Å²) in [6, 6.07) is 0. The number of anilines is 1. The smallest absolute Gasteiger partial charge is 0.356 e. The molecule has 86 valence electrons. The Morgan fingerprint density at radius 2 is 2.06 bits per heavy atom. The van der Waals surface area contributed by atoms with E-state index in [0.717, 1.165) is 32.4 Å². The zero-order chi connectivity index (χ0) is 11.5. The summed E-state index contributed by atoms with van der Waals surface area (Å²) in [5, 5.41) is 16.3. The number of aromatic carboxylic acids is 1. The molecule has 1 aromatic heterocycles. The summed E-state index contributed by atoms with van der Waals surface area (Å²) in [6.45, 7) is 3.42. The highest BCUT2D eigenvalue weighted by Crippen LogP contribution is 2.09. The van der Waals surface area contributed by atoms with E-state index in [-0.39, 0.29) is 5.69 Å². The molecule has 1 N–H and O–H groups in total. The van der Waals surface area contributed by atoms with Gasteiger partial charge in [-0.25, -0.2) is 9.78 Å². The Morgan fingerprint density at radius 1 is 1.38 bits per heavy atom. The summed E-state index contributed by atoms with van der Waals surface area (Å²) in [5.41, 5.74) is -0.0658. The molecule has 0 bridgehead atoms. The fourth-order valence-corrected chi connectivity index (χ4v) is 1.54. The van der Waals surface area contributed by atoms with Gasteiger partial charge in [-0.05, 0) is 7.05 Å². The van der Waals surface area contributed by atoms with Gasteiger partial charge in [-0.1, -0.05) is 0 Å². The molecule has 0 amide bonds. The maximum atomic E-state index is 10.7.